The average molecular weight is 370 g/mol. The topological polar surface area (TPSA) is 78.9 Å². The predicted molar refractivity (Wildman–Crippen MR) is 96.4 cm³/mol. The zero-order valence-corrected chi connectivity index (χ0v) is 16.3. The summed E-state index contributed by atoms with van der Waals surface area (Å²) in [5, 5.41) is 0. The summed E-state index contributed by atoms with van der Waals surface area (Å²) in [6, 6.07) is 5.20. The van der Waals surface area contributed by atoms with Crippen LogP contribution in [0, 0.1) is 6.92 Å². The Labute approximate surface area is 149 Å². The fourth-order valence-electron chi connectivity index (χ4n) is 2.30. The number of aryl methyl sites for hydroxylation is 1. The molecule has 0 heterocycles. The molecule has 0 aliphatic rings. The van der Waals surface area contributed by atoms with E-state index in [-0.39, 0.29) is 5.78 Å². The van der Waals surface area contributed by atoms with Crippen molar-refractivity contribution in [2.45, 2.75) is 46.5 Å². The van der Waals surface area contributed by atoms with E-state index in [1.807, 2.05) is 13.0 Å². The summed E-state index contributed by atoms with van der Waals surface area (Å²) in [6.45, 7) is 7.09. The van der Waals surface area contributed by atoms with Crippen molar-refractivity contribution in [3.63, 3.8) is 0 Å². The molecule has 1 aromatic carbocycles. The first-order valence-corrected chi connectivity index (χ1v) is 10.4. The average Bonchev–Trinajstić information content (AvgIpc) is 2.50. The van der Waals surface area contributed by atoms with Gasteiger partial charge in [-0.2, -0.15) is 0 Å². The Morgan fingerprint density at radius 1 is 1.12 bits per heavy atom. The van der Waals surface area contributed by atoms with Gasteiger partial charge in [-0.05, 0) is 44.4 Å². The molecule has 0 aliphatic carbocycles. The molecule has 140 valence electrons. The van der Waals surface area contributed by atoms with E-state index >= 15 is 0 Å². The van der Waals surface area contributed by atoms with Crippen molar-refractivity contribution >= 4 is 19.3 Å². The highest BCUT2D eigenvalue weighted by molar-refractivity contribution is 7.52. The Morgan fingerprint density at radius 2 is 1.84 bits per heavy atom. The minimum absolute atomic E-state index is 0.0624. The van der Waals surface area contributed by atoms with Gasteiger partial charge in [-0.25, -0.2) is 0 Å². The van der Waals surface area contributed by atoms with Crippen molar-refractivity contribution < 1.29 is 27.9 Å². The molecule has 25 heavy (non-hydrogen) atoms. The van der Waals surface area contributed by atoms with Crippen molar-refractivity contribution in [1.82, 2.24) is 0 Å². The Kier molecular flexibility index (Phi) is 9.04. The van der Waals surface area contributed by atoms with E-state index in [9.17, 15) is 14.2 Å². The van der Waals surface area contributed by atoms with E-state index in [4.69, 9.17) is 13.8 Å². The number of carbonyl (C=O) groups is 2. The monoisotopic (exact) mass is 370 g/mol. The van der Waals surface area contributed by atoms with E-state index in [0.29, 0.717) is 43.8 Å². The second-order valence-electron chi connectivity index (χ2n) is 5.85. The molecule has 0 aromatic heterocycles. The maximum Gasteiger partial charge on any atom is 0.327 e. The summed E-state index contributed by atoms with van der Waals surface area (Å²) in [6.07, 6.45) is 2.50. The van der Waals surface area contributed by atoms with E-state index in [1.54, 1.807) is 19.1 Å². The lowest BCUT2D eigenvalue weighted by molar-refractivity contribution is -0.131. The number of unbranched alkanes of at least 4 members (excludes halogenated alkanes) is 2. The van der Waals surface area contributed by atoms with E-state index in [1.165, 1.54) is 13.6 Å². The highest BCUT2D eigenvalue weighted by Crippen LogP contribution is 2.43. The first-order chi connectivity index (χ1) is 11.7. The van der Waals surface area contributed by atoms with Crippen LogP contribution >= 0.6 is 7.60 Å². The second-order valence-corrected chi connectivity index (χ2v) is 7.91. The number of esters is 1. The first-order valence-electron chi connectivity index (χ1n) is 8.44. The van der Waals surface area contributed by atoms with Gasteiger partial charge in [0, 0.05) is 20.0 Å². The standard InChI is InChI=1S/C18H27O6P/c1-5-22-25(4,21)23-12-8-6-7-9-17(20)16-11-10-14(2)13-18(16)24-15(3)19/h10-11,13H,5-9,12H2,1-4H3. The van der Waals surface area contributed by atoms with Gasteiger partial charge in [0.1, 0.15) is 5.75 Å². The van der Waals surface area contributed by atoms with Gasteiger partial charge < -0.3 is 13.8 Å². The third-order valence-corrected chi connectivity index (χ3v) is 4.81. The van der Waals surface area contributed by atoms with Gasteiger partial charge in [0.25, 0.3) is 0 Å². The third kappa shape index (κ3) is 8.43. The molecule has 0 aliphatic heterocycles. The van der Waals surface area contributed by atoms with Crippen LogP contribution in [-0.4, -0.2) is 31.6 Å². The number of hydrogen-bond acceptors (Lipinski definition) is 6. The van der Waals surface area contributed by atoms with Gasteiger partial charge >= 0.3 is 13.6 Å². The van der Waals surface area contributed by atoms with Crippen molar-refractivity contribution in [2.24, 2.45) is 0 Å². The van der Waals surface area contributed by atoms with Crippen LogP contribution in [0.15, 0.2) is 18.2 Å². The van der Waals surface area contributed by atoms with E-state index in [2.05, 4.69) is 0 Å². The second kappa shape index (κ2) is 10.5. The Hall–Kier alpha value is -1.49. The fraction of sp³-hybridized carbons (Fsp3) is 0.556. The number of hydrogen-bond donors (Lipinski definition) is 0. The summed E-state index contributed by atoms with van der Waals surface area (Å²) >= 11 is 0. The minimum atomic E-state index is -2.95. The Balaban J connectivity index is 2.42. The summed E-state index contributed by atoms with van der Waals surface area (Å²) in [5.74, 6) is -0.202. The molecule has 0 saturated carbocycles. The molecule has 0 N–H and O–H groups in total. The van der Waals surface area contributed by atoms with Gasteiger partial charge in [0.15, 0.2) is 5.78 Å². The highest BCUT2D eigenvalue weighted by Gasteiger charge is 2.16. The SMILES string of the molecule is CCOP(C)(=O)OCCCCCC(=O)c1ccc(C)cc1OC(C)=O. The number of rotatable bonds is 11. The van der Waals surface area contributed by atoms with Crippen molar-refractivity contribution in [3.8, 4) is 5.75 Å². The lowest BCUT2D eigenvalue weighted by Gasteiger charge is -2.12. The number of ketones is 1. The molecule has 1 atom stereocenters. The van der Waals surface area contributed by atoms with Gasteiger partial charge in [0.2, 0.25) is 0 Å². The first kappa shape index (κ1) is 21.6. The van der Waals surface area contributed by atoms with Crippen molar-refractivity contribution in [3.05, 3.63) is 29.3 Å². The van der Waals surface area contributed by atoms with Crippen LogP contribution in [-0.2, 0) is 18.4 Å². The maximum absolute atomic E-state index is 12.3. The van der Waals surface area contributed by atoms with Gasteiger partial charge in [-0.3, -0.25) is 14.2 Å². The largest absolute Gasteiger partial charge is 0.426 e. The Morgan fingerprint density at radius 3 is 2.48 bits per heavy atom. The number of ether oxygens (including phenoxy) is 1. The number of benzene rings is 1. The molecule has 6 nitrogen and oxygen atoms in total. The molecular weight excluding hydrogens is 343 g/mol. The van der Waals surface area contributed by atoms with Gasteiger partial charge in [0.05, 0.1) is 18.8 Å². The molecule has 7 heteroatoms. The number of carbonyl (C=O) groups excluding carboxylic acids is 2. The zero-order valence-electron chi connectivity index (χ0n) is 15.4. The summed E-state index contributed by atoms with van der Waals surface area (Å²) in [7, 11) is -2.95. The van der Waals surface area contributed by atoms with Gasteiger partial charge in [-0.15, -0.1) is 0 Å². The summed E-state index contributed by atoms with van der Waals surface area (Å²) < 4.78 is 27.1. The molecule has 0 saturated heterocycles. The third-order valence-electron chi connectivity index (χ3n) is 3.43. The van der Waals surface area contributed by atoms with Crippen molar-refractivity contribution in [2.75, 3.05) is 19.9 Å². The number of Topliss-reactive ketones (excluding diaryl/α,β-unsaturated/α-hetero) is 1. The lowest BCUT2D eigenvalue weighted by atomic mass is 10.0. The summed E-state index contributed by atoms with van der Waals surface area (Å²) in [4.78, 5) is 23.5. The predicted octanol–water partition coefficient (Wildman–Crippen LogP) is 4.54. The van der Waals surface area contributed by atoms with Crippen LogP contribution in [0.3, 0.4) is 0 Å². The molecule has 0 fully saturated rings. The molecule has 0 amide bonds. The van der Waals surface area contributed by atoms with E-state index < -0.39 is 13.6 Å². The summed E-state index contributed by atoms with van der Waals surface area (Å²) in [5.41, 5.74) is 1.34. The lowest BCUT2D eigenvalue weighted by Crippen LogP contribution is -2.08. The fourth-order valence-corrected chi connectivity index (χ4v) is 3.30. The smallest absolute Gasteiger partial charge is 0.327 e. The molecule has 0 radical (unpaired) electrons. The van der Waals surface area contributed by atoms with E-state index in [0.717, 1.165) is 12.0 Å². The van der Waals surface area contributed by atoms with Gasteiger partial charge in [-0.1, -0.05) is 12.5 Å². The van der Waals surface area contributed by atoms with Crippen LogP contribution in [0.25, 0.3) is 0 Å². The normalized spacial score (nSPS) is 13.3. The van der Waals surface area contributed by atoms with Crippen LogP contribution in [0.2, 0.25) is 0 Å². The Bertz CT molecular complexity index is 640. The molecule has 0 spiro atoms. The molecule has 1 unspecified atom stereocenters. The van der Waals surface area contributed by atoms with Crippen LogP contribution in [0.1, 0.15) is 55.5 Å². The molecule has 1 rings (SSSR count). The highest BCUT2D eigenvalue weighted by atomic mass is 31.2. The molecule has 1 aromatic rings. The minimum Gasteiger partial charge on any atom is -0.426 e. The van der Waals surface area contributed by atoms with Crippen LogP contribution < -0.4 is 4.74 Å². The van der Waals surface area contributed by atoms with Crippen LogP contribution in [0.4, 0.5) is 0 Å². The quantitative estimate of drug-likeness (QED) is 0.187. The molecule has 0 bridgehead atoms. The zero-order chi connectivity index (χ0) is 18.9. The molecular formula is C18H27O6P. The van der Waals surface area contributed by atoms with Crippen LogP contribution in [0.5, 0.6) is 5.75 Å². The van der Waals surface area contributed by atoms with Crippen molar-refractivity contribution in [1.29, 1.82) is 0 Å². The maximum atomic E-state index is 12.3.